The van der Waals surface area contributed by atoms with Crippen LogP contribution >= 0.6 is 11.3 Å². The molecule has 3 rings (SSSR count). The summed E-state index contributed by atoms with van der Waals surface area (Å²) < 4.78 is 0. The lowest BCUT2D eigenvalue weighted by molar-refractivity contribution is 0.620. The fraction of sp³-hybridized carbons (Fsp3) is 0.364. The highest BCUT2D eigenvalue weighted by atomic mass is 32.1. The predicted molar refractivity (Wildman–Crippen MR) is 63.3 cm³/mol. The Morgan fingerprint density at radius 2 is 2.31 bits per heavy atom. The topological polar surface area (TPSA) is 50.7 Å². The Hall–Kier alpha value is -1.33. The van der Waals surface area contributed by atoms with Crippen molar-refractivity contribution in [2.24, 2.45) is 0 Å². The Bertz CT molecular complexity index is 507. The van der Waals surface area contributed by atoms with Crippen LogP contribution < -0.4 is 5.32 Å². The van der Waals surface area contributed by atoms with Crippen molar-refractivity contribution in [3.8, 4) is 11.5 Å². The lowest BCUT2D eigenvalue weighted by Crippen LogP contribution is -2.26. The van der Waals surface area contributed by atoms with Gasteiger partial charge in [-0.25, -0.2) is 15.0 Å². The normalized spacial score (nSPS) is 14.8. The molecule has 0 fully saturated rings. The molecule has 0 bridgehead atoms. The first kappa shape index (κ1) is 9.86. The van der Waals surface area contributed by atoms with Gasteiger partial charge in [0.25, 0.3) is 0 Å². The summed E-state index contributed by atoms with van der Waals surface area (Å²) in [7, 11) is 0. The molecule has 0 saturated carbocycles. The van der Waals surface area contributed by atoms with Crippen molar-refractivity contribution in [3.63, 3.8) is 0 Å². The van der Waals surface area contributed by atoms with Crippen LogP contribution in [0.5, 0.6) is 0 Å². The van der Waals surface area contributed by atoms with Gasteiger partial charge in [0.2, 0.25) is 0 Å². The molecular weight excluding hydrogens is 220 g/mol. The second-order valence-electron chi connectivity index (χ2n) is 3.86. The standard InChI is InChI=1S/C11H12N4S/c1-7-8-2-3-12-4-9(8)15-11(14-7)10-5-16-6-13-10/h5-6,12H,2-4H2,1H3. The van der Waals surface area contributed by atoms with Gasteiger partial charge < -0.3 is 5.32 Å². The van der Waals surface area contributed by atoms with E-state index in [-0.39, 0.29) is 0 Å². The zero-order valence-electron chi connectivity index (χ0n) is 9.03. The molecule has 2 aromatic rings. The van der Waals surface area contributed by atoms with Crippen LogP contribution in [0.3, 0.4) is 0 Å². The number of nitrogens with zero attached hydrogens (tertiary/aromatic N) is 3. The van der Waals surface area contributed by atoms with E-state index in [1.807, 2.05) is 10.9 Å². The number of aryl methyl sites for hydroxylation is 1. The predicted octanol–water partition coefficient (Wildman–Crippen LogP) is 1.55. The summed E-state index contributed by atoms with van der Waals surface area (Å²) >= 11 is 1.57. The maximum absolute atomic E-state index is 4.59. The van der Waals surface area contributed by atoms with Gasteiger partial charge in [0, 0.05) is 17.6 Å². The van der Waals surface area contributed by atoms with E-state index in [4.69, 9.17) is 0 Å². The van der Waals surface area contributed by atoms with E-state index in [2.05, 4.69) is 27.2 Å². The number of hydrogen-bond donors (Lipinski definition) is 1. The van der Waals surface area contributed by atoms with Crippen LogP contribution in [0.25, 0.3) is 11.5 Å². The minimum absolute atomic E-state index is 0.751. The number of thiazole rings is 1. The molecule has 1 N–H and O–H groups in total. The Balaban J connectivity index is 2.12. The fourth-order valence-electron chi connectivity index (χ4n) is 1.98. The quantitative estimate of drug-likeness (QED) is 0.810. The molecule has 2 aromatic heterocycles. The number of hydrogen-bond acceptors (Lipinski definition) is 5. The van der Waals surface area contributed by atoms with Crippen LogP contribution in [0.1, 0.15) is 17.0 Å². The van der Waals surface area contributed by atoms with E-state index >= 15 is 0 Å². The average molecular weight is 232 g/mol. The molecule has 4 nitrogen and oxygen atoms in total. The Kier molecular flexibility index (Phi) is 2.41. The van der Waals surface area contributed by atoms with Crippen LogP contribution in [-0.4, -0.2) is 21.5 Å². The van der Waals surface area contributed by atoms with Crippen LogP contribution in [-0.2, 0) is 13.0 Å². The zero-order chi connectivity index (χ0) is 11.0. The SMILES string of the molecule is Cc1nc(-c2cscn2)nc2c1CCNC2. The van der Waals surface area contributed by atoms with Crippen molar-refractivity contribution in [3.05, 3.63) is 27.8 Å². The molecule has 0 unspecified atom stereocenters. The molecule has 82 valence electrons. The molecule has 3 heterocycles. The Morgan fingerprint density at radius 3 is 3.12 bits per heavy atom. The highest BCUT2D eigenvalue weighted by Crippen LogP contribution is 2.20. The van der Waals surface area contributed by atoms with Crippen molar-refractivity contribution in [2.75, 3.05) is 6.54 Å². The Labute approximate surface area is 97.8 Å². The molecule has 16 heavy (non-hydrogen) atoms. The second-order valence-corrected chi connectivity index (χ2v) is 4.58. The Morgan fingerprint density at radius 1 is 1.38 bits per heavy atom. The zero-order valence-corrected chi connectivity index (χ0v) is 9.84. The number of nitrogens with one attached hydrogen (secondary N) is 1. The molecule has 0 spiro atoms. The largest absolute Gasteiger partial charge is 0.311 e. The van der Waals surface area contributed by atoms with E-state index in [0.29, 0.717) is 0 Å². The molecule has 0 amide bonds. The van der Waals surface area contributed by atoms with Gasteiger partial charge in [0.05, 0.1) is 11.2 Å². The van der Waals surface area contributed by atoms with Crippen LogP contribution in [0.2, 0.25) is 0 Å². The first-order chi connectivity index (χ1) is 7.84. The lowest BCUT2D eigenvalue weighted by atomic mass is 10.0. The number of rotatable bonds is 1. The van der Waals surface area contributed by atoms with Gasteiger partial charge in [-0.2, -0.15) is 0 Å². The van der Waals surface area contributed by atoms with Crippen molar-refractivity contribution >= 4 is 11.3 Å². The number of aromatic nitrogens is 3. The third-order valence-corrected chi connectivity index (χ3v) is 3.39. The van der Waals surface area contributed by atoms with Gasteiger partial charge in [-0.05, 0) is 25.5 Å². The van der Waals surface area contributed by atoms with Gasteiger partial charge in [-0.15, -0.1) is 11.3 Å². The van der Waals surface area contributed by atoms with Gasteiger partial charge in [-0.3, -0.25) is 0 Å². The van der Waals surface area contributed by atoms with Gasteiger partial charge in [0.1, 0.15) is 5.69 Å². The summed E-state index contributed by atoms with van der Waals surface area (Å²) in [5.74, 6) is 0.751. The fourth-order valence-corrected chi connectivity index (χ4v) is 2.52. The van der Waals surface area contributed by atoms with E-state index in [0.717, 1.165) is 42.4 Å². The summed E-state index contributed by atoms with van der Waals surface area (Å²) in [6.45, 7) is 3.92. The molecule has 0 aliphatic carbocycles. The molecule has 0 atom stereocenters. The molecule has 5 heteroatoms. The summed E-state index contributed by atoms with van der Waals surface area (Å²) in [6.07, 6.45) is 1.03. The van der Waals surface area contributed by atoms with E-state index < -0.39 is 0 Å². The number of fused-ring (bicyclic) bond motifs is 1. The summed E-state index contributed by atoms with van der Waals surface area (Å²) in [4.78, 5) is 13.4. The second kappa shape index (κ2) is 3.92. The van der Waals surface area contributed by atoms with Gasteiger partial charge in [0.15, 0.2) is 5.82 Å². The van der Waals surface area contributed by atoms with Gasteiger partial charge >= 0.3 is 0 Å². The van der Waals surface area contributed by atoms with Crippen LogP contribution in [0.4, 0.5) is 0 Å². The van der Waals surface area contributed by atoms with Gasteiger partial charge in [-0.1, -0.05) is 0 Å². The van der Waals surface area contributed by atoms with Crippen molar-refractivity contribution < 1.29 is 0 Å². The first-order valence-corrected chi connectivity index (χ1v) is 6.24. The maximum Gasteiger partial charge on any atom is 0.179 e. The highest BCUT2D eigenvalue weighted by Gasteiger charge is 2.16. The van der Waals surface area contributed by atoms with E-state index in [1.165, 1.54) is 5.56 Å². The van der Waals surface area contributed by atoms with Crippen molar-refractivity contribution in [1.82, 2.24) is 20.3 Å². The van der Waals surface area contributed by atoms with E-state index in [9.17, 15) is 0 Å². The van der Waals surface area contributed by atoms with Crippen LogP contribution in [0, 0.1) is 6.92 Å². The minimum Gasteiger partial charge on any atom is -0.311 e. The molecular formula is C11H12N4S. The molecule has 0 aromatic carbocycles. The summed E-state index contributed by atoms with van der Waals surface area (Å²) in [5.41, 5.74) is 6.21. The molecule has 1 aliphatic heterocycles. The summed E-state index contributed by atoms with van der Waals surface area (Å²) in [6, 6.07) is 0. The highest BCUT2D eigenvalue weighted by molar-refractivity contribution is 7.07. The maximum atomic E-state index is 4.59. The monoisotopic (exact) mass is 232 g/mol. The third kappa shape index (κ3) is 1.62. The average Bonchev–Trinajstić information content (AvgIpc) is 2.82. The minimum atomic E-state index is 0.751. The molecule has 0 saturated heterocycles. The van der Waals surface area contributed by atoms with Crippen LogP contribution in [0.15, 0.2) is 10.9 Å². The first-order valence-electron chi connectivity index (χ1n) is 5.30. The third-order valence-electron chi connectivity index (χ3n) is 2.81. The molecule has 1 aliphatic rings. The molecule has 0 radical (unpaired) electrons. The smallest absolute Gasteiger partial charge is 0.179 e. The van der Waals surface area contributed by atoms with Crippen molar-refractivity contribution in [2.45, 2.75) is 19.9 Å². The summed E-state index contributed by atoms with van der Waals surface area (Å²) in [5, 5.41) is 5.32. The van der Waals surface area contributed by atoms with Crippen molar-refractivity contribution in [1.29, 1.82) is 0 Å². The van der Waals surface area contributed by atoms with E-state index in [1.54, 1.807) is 11.3 Å². The lowest BCUT2D eigenvalue weighted by Gasteiger charge is -2.18.